The van der Waals surface area contributed by atoms with Crippen LogP contribution >= 0.6 is 0 Å². The van der Waals surface area contributed by atoms with Gasteiger partial charge in [0.25, 0.3) is 0 Å². The molecule has 1 amide bonds. The predicted molar refractivity (Wildman–Crippen MR) is 76.5 cm³/mol. The number of nitrogens with one attached hydrogen (secondary N) is 1. The molecule has 20 heavy (non-hydrogen) atoms. The Morgan fingerprint density at radius 3 is 2.60 bits per heavy atom. The van der Waals surface area contributed by atoms with Crippen LogP contribution in [0.1, 0.15) is 18.4 Å². The van der Waals surface area contributed by atoms with Crippen molar-refractivity contribution in [3.63, 3.8) is 0 Å². The molecule has 1 aromatic carbocycles. The van der Waals surface area contributed by atoms with E-state index in [1.54, 1.807) is 18.6 Å². The molecule has 0 aliphatic heterocycles. The van der Waals surface area contributed by atoms with Crippen LogP contribution in [0.25, 0.3) is 5.65 Å². The highest BCUT2D eigenvalue weighted by Crippen LogP contribution is 2.18. The van der Waals surface area contributed by atoms with E-state index in [2.05, 4.69) is 15.3 Å². The van der Waals surface area contributed by atoms with E-state index in [4.69, 9.17) is 0 Å². The first kappa shape index (κ1) is 12.3. The molecule has 5 heteroatoms. The summed E-state index contributed by atoms with van der Waals surface area (Å²) in [5.41, 5.74) is 1.61. The van der Waals surface area contributed by atoms with Crippen LogP contribution in [-0.4, -0.2) is 20.3 Å². The number of imidazole rings is 1. The van der Waals surface area contributed by atoms with Crippen LogP contribution in [0.15, 0.2) is 55.1 Å². The van der Waals surface area contributed by atoms with Crippen LogP contribution in [0.4, 0.5) is 5.82 Å². The number of fused-ring (bicyclic) bond motifs is 1. The summed E-state index contributed by atoms with van der Waals surface area (Å²) in [6, 6.07) is 9.65. The maximum Gasteiger partial charge on any atom is 0.232 e. The summed E-state index contributed by atoms with van der Waals surface area (Å²) in [6.45, 7) is 1.87. The summed E-state index contributed by atoms with van der Waals surface area (Å²) in [5.74, 6) is 0.137. The molecule has 0 spiro atoms. The van der Waals surface area contributed by atoms with Crippen molar-refractivity contribution in [2.45, 2.75) is 12.8 Å². The largest absolute Gasteiger partial charge is 0.307 e. The molecule has 0 unspecified atom stereocenters. The lowest BCUT2D eigenvalue weighted by Gasteiger charge is -2.12. The van der Waals surface area contributed by atoms with Gasteiger partial charge >= 0.3 is 0 Å². The molecular weight excluding hydrogens is 252 g/mol. The second kappa shape index (κ2) is 5.13. The van der Waals surface area contributed by atoms with Crippen molar-refractivity contribution in [3.8, 4) is 0 Å². The van der Waals surface area contributed by atoms with E-state index in [-0.39, 0.29) is 11.8 Å². The van der Waals surface area contributed by atoms with Crippen LogP contribution in [0.5, 0.6) is 0 Å². The Labute approximate surface area is 116 Å². The lowest BCUT2D eigenvalue weighted by Crippen LogP contribution is -2.20. The normalized spacial score (nSPS) is 12.2. The minimum atomic E-state index is -0.242. The van der Waals surface area contributed by atoms with Gasteiger partial charge in [-0.25, -0.2) is 9.97 Å². The molecule has 0 saturated heterocycles. The number of rotatable bonds is 3. The van der Waals surface area contributed by atoms with Gasteiger partial charge in [-0.05, 0) is 12.5 Å². The second-order valence-corrected chi connectivity index (χ2v) is 4.56. The average molecular weight is 266 g/mol. The third kappa shape index (κ3) is 2.25. The van der Waals surface area contributed by atoms with Gasteiger partial charge < -0.3 is 9.72 Å². The summed E-state index contributed by atoms with van der Waals surface area (Å²) < 4.78 is 1.82. The summed E-state index contributed by atoms with van der Waals surface area (Å²) in [7, 11) is 0. The quantitative estimate of drug-likeness (QED) is 0.792. The molecular formula is C15H14N4O. The van der Waals surface area contributed by atoms with Crippen molar-refractivity contribution >= 4 is 17.4 Å². The number of hydrogen-bond donors (Lipinski definition) is 1. The number of carbonyl (C=O) groups is 1. The SMILES string of the molecule is C[C@H](C(=O)Nc1nccn2ccnc12)c1ccccc1. The van der Waals surface area contributed by atoms with Gasteiger partial charge in [-0.15, -0.1) is 0 Å². The molecule has 0 aliphatic carbocycles. The van der Waals surface area contributed by atoms with Crippen LogP contribution in [0.3, 0.4) is 0 Å². The van der Waals surface area contributed by atoms with E-state index < -0.39 is 0 Å². The van der Waals surface area contributed by atoms with E-state index in [1.165, 1.54) is 0 Å². The second-order valence-electron chi connectivity index (χ2n) is 4.56. The maximum atomic E-state index is 12.3. The molecule has 1 atom stereocenters. The Morgan fingerprint density at radius 2 is 1.85 bits per heavy atom. The maximum absolute atomic E-state index is 12.3. The van der Waals surface area contributed by atoms with Gasteiger partial charge in [0.05, 0.1) is 5.92 Å². The smallest absolute Gasteiger partial charge is 0.232 e. The van der Waals surface area contributed by atoms with Crippen LogP contribution < -0.4 is 5.32 Å². The van der Waals surface area contributed by atoms with E-state index in [9.17, 15) is 4.79 Å². The number of hydrogen-bond acceptors (Lipinski definition) is 3. The number of aromatic nitrogens is 3. The highest BCUT2D eigenvalue weighted by Gasteiger charge is 2.16. The van der Waals surface area contributed by atoms with Crippen molar-refractivity contribution < 1.29 is 4.79 Å². The van der Waals surface area contributed by atoms with Crippen LogP contribution in [0.2, 0.25) is 0 Å². The minimum Gasteiger partial charge on any atom is -0.307 e. The third-order valence-corrected chi connectivity index (χ3v) is 3.25. The zero-order valence-electron chi connectivity index (χ0n) is 11.0. The Hall–Kier alpha value is -2.69. The molecule has 0 bridgehead atoms. The number of carbonyl (C=O) groups excluding carboxylic acids is 1. The van der Waals surface area contributed by atoms with E-state index in [1.807, 2.05) is 47.9 Å². The fourth-order valence-electron chi connectivity index (χ4n) is 2.06. The minimum absolute atomic E-state index is 0.0974. The molecule has 0 radical (unpaired) electrons. The molecule has 0 saturated carbocycles. The van der Waals surface area contributed by atoms with E-state index >= 15 is 0 Å². The highest BCUT2D eigenvalue weighted by molar-refractivity contribution is 5.97. The van der Waals surface area contributed by atoms with Crippen molar-refractivity contribution in [3.05, 3.63) is 60.7 Å². The summed E-state index contributed by atoms with van der Waals surface area (Å²) >= 11 is 0. The third-order valence-electron chi connectivity index (χ3n) is 3.25. The Kier molecular flexibility index (Phi) is 3.16. The number of anilines is 1. The summed E-state index contributed by atoms with van der Waals surface area (Å²) in [6.07, 6.45) is 6.91. The Morgan fingerprint density at radius 1 is 1.15 bits per heavy atom. The molecule has 2 heterocycles. The zero-order valence-corrected chi connectivity index (χ0v) is 11.0. The molecule has 1 N–H and O–H groups in total. The summed E-state index contributed by atoms with van der Waals surface area (Å²) in [5, 5.41) is 2.84. The molecule has 5 nitrogen and oxygen atoms in total. The van der Waals surface area contributed by atoms with E-state index in [0.29, 0.717) is 11.5 Å². The van der Waals surface area contributed by atoms with Crippen LogP contribution in [0, 0.1) is 0 Å². The fourth-order valence-corrected chi connectivity index (χ4v) is 2.06. The molecule has 0 fully saturated rings. The van der Waals surface area contributed by atoms with E-state index in [0.717, 1.165) is 5.56 Å². The molecule has 3 aromatic rings. The van der Waals surface area contributed by atoms with Gasteiger partial charge in [0, 0.05) is 24.8 Å². The zero-order chi connectivity index (χ0) is 13.9. The first-order valence-corrected chi connectivity index (χ1v) is 6.39. The number of nitrogens with zero attached hydrogens (tertiary/aromatic N) is 3. The lowest BCUT2D eigenvalue weighted by atomic mass is 10.0. The molecule has 0 aliphatic rings. The van der Waals surface area contributed by atoms with Gasteiger partial charge in [0.2, 0.25) is 5.91 Å². The highest BCUT2D eigenvalue weighted by atomic mass is 16.1. The Bertz CT molecular complexity index is 736. The first-order valence-electron chi connectivity index (χ1n) is 6.39. The number of benzene rings is 1. The average Bonchev–Trinajstić information content (AvgIpc) is 2.97. The summed E-state index contributed by atoms with van der Waals surface area (Å²) in [4.78, 5) is 20.7. The molecule has 3 rings (SSSR count). The molecule has 2 aromatic heterocycles. The van der Waals surface area contributed by atoms with Gasteiger partial charge in [0.1, 0.15) is 0 Å². The topological polar surface area (TPSA) is 59.3 Å². The fraction of sp³-hybridized carbons (Fsp3) is 0.133. The monoisotopic (exact) mass is 266 g/mol. The Balaban J connectivity index is 1.84. The van der Waals surface area contributed by atoms with Gasteiger partial charge in [-0.2, -0.15) is 0 Å². The van der Waals surface area contributed by atoms with Crippen molar-refractivity contribution in [2.24, 2.45) is 0 Å². The van der Waals surface area contributed by atoms with Crippen LogP contribution in [-0.2, 0) is 4.79 Å². The van der Waals surface area contributed by atoms with Crippen molar-refractivity contribution in [1.29, 1.82) is 0 Å². The van der Waals surface area contributed by atoms with Gasteiger partial charge in [-0.3, -0.25) is 4.79 Å². The van der Waals surface area contributed by atoms with Crippen molar-refractivity contribution in [1.82, 2.24) is 14.4 Å². The predicted octanol–water partition coefficient (Wildman–Crippen LogP) is 2.47. The first-order chi connectivity index (χ1) is 9.75. The van der Waals surface area contributed by atoms with Crippen molar-refractivity contribution in [2.75, 3.05) is 5.32 Å². The number of amides is 1. The van der Waals surface area contributed by atoms with Gasteiger partial charge in [-0.1, -0.05) is 30.3 Å². The molecule has 100 valence electrons. The lowest BCUT2D eigenvalue weighted by molar-refractivity contribution is -0.117. The standard InChI is InChI=1S/C15H14N4O/c1-11(12-5-3-2-4-6-12)15(20)18-13-14-17-8-10-19(14)9-7-16-13/h2-11H,1H3,(H,16,18,20)/t11-/m0/s1. The van der Waals surface area contributed by atoms with Gasteiger partial charge in [0.15, 0.2) is 11.5 Å².